The molecule has 19 heavy (non-hydrogen) atoms. The van der Waals surface area contributed by atoms with Crippen LogP contribution in [0.3, 0.4) is 0 Å². The quantitative estimate of drug-likeness (QED) is 0.471. The van der Waals surface area contributed by atoms with E-state index in [1.807, 2.05) is 18.2 Å². The smallest absolute Gasteiger partial charge is 0.277 e. The van der Waals surface area contributed by atoms with Crippen LogP contribution in [0.25, 0.3) is 0 Å². The Labute approximate surface area is 122 Å². The lowest BCUT2D eigenvalue weighted by atomic mass is 9.75. The highest BCUT2D eigenvalue weighted by Gasteiger charge is 2.39. The van der Waals surface area contributed by atoms with Crippen LogP contribution in [-0.4, -0.2) is 19.3 Å². The molecule has 0 aromatic rings. The van der Waals surface area contributed by atoms with E-state index in [0.29, 0.717) is 12.0 Å². The number of hydroxylamine groups is 2. The third kappa shape index (κ3) is 2.70. The number of halogens is 2. The predicted octanol–water partition coefficient (Wildman–Crippen LogP) is 1.14. The van der Waals surface area contributed by atoms with Crippen LogP contribution in [0.5, 0.6) is 0 Å². The first-order valence-electron chi connectivity index (χ1n) is 5.51. The van der Waals surface area contributed by atoms with E-state index in [1.54, 1.807) is 6.08 Å². The molecule has 0 aromatic heterocycles. The molecular formula is C12H11Cl2NO3S. The van der Waals surface area contributed by atoms with Gasteiger partial charge in [0.1, 0.15) is 6.20 Å². The summed E-state index contributed by atoms with van der Waals surface area (Å²) in [4.78, 5) is -0.259. The Morgan fingerprint density at radius 2 is 2.16 bits per heavy atom. The molecule has 0 radical (unpaired) electrons. The molecule has 1 aliphatic heterocycles. The molecular weight excluding hydrogens is 309 g/mol. The van der Waals surface area contributed by atoms with Crippen LogP contribution in [-0.2, 0) is 10.3 Å². The largest absolute Gasteiger partial charge is 0.623 e. The van der Waals surface area contributed by atoms with Gasteiger partial charge in [0, 0.05) is 16.9 Å². The van der Waals surface area contributed by atoms with Gasteiger partial charge in [0.25, 0.3) is 15.3 Å². The van der Waals surface area contributed by atoms with Crippen LogP contribution in [0.1, 0.15) is 6.42 Å². The van der Waals surface area contributed by atoms with E-state index in [1.165, 1.54) is 6.08 Å². The van der Waals surface area contributed by atoms with Crippen molar-refractivity contribution in [1.29, 1.82) is 0 Å². The number of allylic oxidation sites excluding steroid dienone is 6. The Bertz CT molecular complexity index is 638. The van der Waals surface area contributed by atoms with E-state index >= 15 is 0 Å². The molecule has 1 aliphatic carbocycles. The molecule has 0 spiro atoms. The lowest BCUT2D eigenvalue weighted by Gasteiger charge is -2.34. The van der Waals surface area contributed by atoms with E-state index in [-0.39, 0.29) is 15.9 Å². The van der Waals surface area contributed by atoms with Crippen molar-refractivity contribution in [3.05, 3.63) is 52.4 Å². The van der Waals surface area contributed by atoms with Gasteiger partial charge in [-0.15, -0.1) is 11.6 Å². The summed E-state index contributed by atoms with van der Waals surface area (Å²) >= 11 is 11.9. The van der Waals surface area contributed by atoms with Crippen LogP contribution >= 0.6 is 23.2 Å². The second-order valence-electron chi connectivity index (χ2n) is 4.30. The Balaban J connectivity index is 2.64. The van der Waals surface area contributed by atoms with Gasteiger partial charge in [0.2, 0.25) is 0 Å². The third-order valence-corrected chi connectivity index (χ3v) is 4.56. The minimum Gasteiger partial charge on any atom is -0.623 e. The highest BCUT2D eigenvalue weighted by Crippen LogP contribution is 2.38. The lowest BCUT2D eigenvalue weighted by Crippen LogP contribution is -3.06. The summed E-state index contributed by atoms with van der Waals surface area (Å²) in [5.74, 6) is 0.165. The van der Waals surface area contributed by atoms with Crippen LogP contribution < -0.4 is 5.06 Å². The van der Waals surface area contributed by atoms with Gasteiger partial charge >= 0.3 is 0 Å². The summed E-state index contributed by atoms with van der Waals surface area (Å²) in [5, 5.41) is 11.4. The van der Waals surface area contributed by atoms with Gasteiger partial charge in [-0.2, -0.15) is 8.42 Å². The number of nitrogens with one attached hydrogen (secondary N) is 1. The topological polar surface area (TPSA) is 61.6 Å². The molecule has 0 saturated heterocycles. The highest BCUT2D eigenvalue weighted by molar-refractivity contribution is 7.73. The molecule has 2 atom stereocenters. The predicted molar refractivity (Wildman–Crippen MR) is 76.3 cm³/mol. The maximum atomic E-state index is 11.8. The van der Waals surface area contributed by atoms with Crippen LogP contribution in [0.2, 0.25) is 0 Å². The Kier molecular flexibility index (Phi) is 4.32. The van der Waals surface area contributed by atoms with Crippen molar-refractivity contribution in [2.24, 2.45) is 5.41 Å². The molecule has 1 N–H and O–H groups in total. The first-order valence-corrected chi connectivity index (χ1v) is 7.49. The van der Waals surface area contributed by atoms with Crippen molar-refractivity contribution >= 4 is 38.5 Å². The molecule has 2 aliphatic rings. The molecule has 102 valence electrons. The third-order valence-electron chi connectivity index (χ3n) is 3.11. The summed E-state index contributed by atoms with van der Waals surface area (Å²) < 4.78 is 22.7. The van der Waals surface area contributed by atoms with E-state index in [4.69, 9.17) is 23.2 Å². The SMILES string of the molecule is O=S(=O)=C1C(C2(CCl)C=CC=CC2)=CC(Cl)=C[NH+]1[O-]. The number of hydrogen-bond donors (Lipinski definition) is 1. The van der Waals surface area contributed by atoms with Gasteiger partial charge in [0.15, 0.2) is 0 Å². The van der Waals surface area contributed by atoms with E-state index in [2.05, 4.69) is 0 Å². The second kappa shape index (κ2) is 5.64. The number of rotatable bonds is 2. The summed E-state index contributed by atoms with van der Waals surface area (Å²) in [6, 6.07) is 0. The number of alkyl halides is 1. The van der Waals surface area contributed by atoms with Crippen molar-refractivity contribution in [3.8, 4) is 0 Å². The zero-order valence-corrected chi connectivity index (χ0v) is 12.1. The molecule has 7 heteroatoms. The highest BCUT2D eigenvalue weighted by atomic mass is 35.5. The van der Waals surface area contributed by atoms with E-state index in [0.717, 1.165) is 6.20 Å². The van der Waals surface area contributed by atoms with Gasteiger partial charge < -0.3 is 5.21 Å². The normalized spacial score (nSPS) is 30.1. The van der Waals surface area contributed by atoms with Gasteiger partial charge in [-0.1, -0.05) is 35.9 Å². The van der Waals surface area contributed by atoms with Crippen molar-refractivity contribution in [2.45, 2.75) is 6.42 Å². The maximum absolute atomic E-state index is 11.8. The zero-order valence-electron chi connectivity index (χ0n) is 9.77. The second-order valence-corrected chi connectivity index (χ2v) is 5.88. The fourth-order valence-corrected chi connectivity index (χ4v) is 3.36. The van der Waals surface area contributed by atoms with Gasteiger partial charge in [-0.25, -0.2) is 0 Å². The molecule has 1 heterocycles. The molecule has 0 amide bonds. The standard InChI is InChI=1S/C12H11Cl2NO3S/c13-8-12(4-2-1-3-5-12)10-6-9(14)7-15(16)11(10)19(17)18/h1-4,6-7,15H,5,8H2. The van der Waals surface area contributed by atoms with Crippen molar-refractivity contribution in [3.63, 3.8) is 0 Å². The van der Waals surface area contributed by atoms with Gasteiger partial charge in [-0.3, -0.25) is 5.06 Å². The molecule has 0 bridgehead atoms. The molecule has 0 fully saturated rings. The van der Waals surface area contributed by atoms with Crippen LogP contribution in [0.15, 0.2) is 47.2 Å². The number of quaternary nitrogens is 1. The van der Waals surface area contributed by atoms with Crippen molar-refractivity contribution in [1.82, 2.24) is 0 Å². The zero-order chi connectivity index (χ0) is 14.0. The molecule has 2 unspecified atom stereocenters. The van der Waals surface area contributed by atoms with Crippen molar-refractivity contribution < 1.29 is 13.5 Å². The minimum absolute atomic E-state index is 0.165. The average molecular weight is 320 g/mol. The number of hydrogen-bond acceptors (Lipinski definition) is 3. The average Bonchev–Trinajstić information content (AvgIpc) is 2.38. The first-order chi connectivity index (χ1) is 9.00. The van der Waals surface area contributed by atoms with Crippen LogP contribution in [0, 0.1) is 10.6 Å². The molecule has 0 saturated carbocycles. The molecule has 0 aromatic carbocycles. The minimum atomic E-state index is -2.63. The summed E-state index contributed by atoms with van der Waals surface area (Å²) in [6.07, 6.45) is 10.4. The van der Waals surface area contributed by atoms with Crippen LogP contribution in [0.4, 0.5) is 0 Å². The van der Waals surface area contributed by atoms with Gasteiger partial charge in [-0.05, 0) is 12.5 Å². The fourth-order valence-electron chi connectivity index (χ4n) is 2.15. The summed E-state index contributed by atoms with van der Waals surface area (Å²) in [5.41, 5.74) is -0.357. The first kappa shape index (κ1) is 14.6. The van der Waals surface area contributed by atoms with Crippen molar-refractivity contribution in [2.75, 3.05) is 5.88 Å². The summed E-state index contributed by atoms with van der Waals surface area (Å²) in [6.45, 7) is 0. The summed E-state index contributed by atoms with van der Waals surface area (Å²) in [7, 11) is -2.63. The maximum Gasteiger partial charge on any atom is 0.277 e. The van der Waals surface area contributed by atoms with E-state index in [9.17, 15) is 13.6 Å². The Morgan fingerprint density at radius 3 is 2.68 bits per heavy atom. The lowest BCUT2D eigenvalue weighted by molar-refractivity contribution is -0.681. The fraction of sp³-hybridized carbons (Fsp3) is 0.250. The monoisotopic (exact) mass is 319 g/mol. The Morgan fingerprint density at radius 1 is 1.42 bits per heavy atom. The van der Waals surface area contributed by atoms with Gasteiger partial charge in [0.05, 0.1) is 5.03 Å². The Hall–Kier alpha value is -0.850. The molecule has 4 nitrogen and oxygen atoms in total. The molecule has 2 rings (SSSR count). The van der Waals surface area contributed by atoms with E-state index < -0.39 is 20.8 Å².